The molecule has 0 spiro atoms. The van der Waals surface area contributed by atoms with E-state index in [1.165, 1.54) is 10.8 Å². The average molecular weight is 524 g/mol. The molecule has 12 nitrogen and oxygen atoms in total. The van der Waals surface area contributed by atoms with Crippen molar-refractivity contribution < 1.29 is 9.53 Å². The van der Waals surface area contributed by atoms with Crippen LogP contribution in [0.5, 0.6) is 5.75 Å². The summed E-state index contributed by atoms with van der Waals surface area (Å²) in [6.45, 7) is 1.78. The van der Waals surface area contributed by atoms with Gasteiger partial charge < -0.3 is 15.4 Å². The topological polar surface area (TPSA) is 142 Å². The molecule has 4 heterocycles. The van der Waals surface area contributed by atoms with Gasteiger partial charge in [-0.05, 0) is 30.3 Å². The number of aryl methyl sites for hydroxylation is 1. The predicted molar refractivity (Wildman–Crippen MR) is 146 cm³/mol. The number of pyridine rings is 2. The van der Waals surface area contributed by atoms with Crippen LogP contribution in [0.25, 0.3) is 17.2 Å². The Morgan fingerprint density at radius 1 is 1.00 bits per heavy atom. The van der Waals surface area contributed by atoms with Gasteiger partial charge in [0, 0.05) is 38.1 Å². The lowest BCUT2D eigenvalue weighted by molar-refractivity contribution is 0.0988. The molecule has 0 radical (unpaired) electrons. The minimum absolute atomic E-state index is 0.0888. The fraction of sp³-hybridized carbons (Fsp3) is 0.148. The van der Waals surface area contributed by atoms with Gasteiger partial charge in [-0.1, -0.05) is 19.1 Å². The quantitative estimate of drug-likeness (QED) is 0.273. The molecular formula is C27H25N9O3. The van der Waals surface area contributed by atoms with E-state index in [0.717, 1.165) is 0 Å². The molecule has 0 fully saturated rings. The Kier molecular flexibility index (Phi) is 7.08. The number of Topliss-reactive ketones (excluding diaryl/α,β-unsaturated/α-hetero) is 1. The first-order valence-electron chi connectivity index (χ1n) is 12.1. The Morgan fingerprint density at radius 2 is 1.87 bits per heavy atom. The number of ketones is 1. The second kappa shape index (κ2) is 10.9. The lowest BCUT2D eigenvalue weighted by atomic mass is 10.1. The van der Waals surface area contributed by atoms with Crippen LogP contribution in [0.1, 0.15) is 23.7 Å². The van der Waals surface area contributed by atoms with Gasteiger partial charge in [-0.25, -0.2) is 19.7 Å². The zero-order valence-corrected chi connectivity index (χ0v) is 21.5. The third-order valence-electron chi connectivity index (χ3n) is 5.81. The maximum atomic E-state index is 12.7. The molecule has 0 unspecified atom stereocenters. The van der Waals surface area contributed by atoms with E-state index in [9.17, 15) is 9.59 Å². The van der Waals surface area contributed by atoms with Gasteiger partial charge in [0.15, 0.2) is 17.4 Å². The number of carbonyl (C=O) groups excluding carboxylic acids is 1. The van der Waals surface area contributed by atoms with Crippen molar-refractivity contribution in [2.24, 2.45) is 7.05 Å². The fourth-order valence-corrected chi connectivity index (χ4v) is 3.95. The molecule has 0 aliphatic carbocycles. The highest BCUT2D eigenvalue weighted by Gasteiger charge is 2.18. The highest BCUT2D eigenvalue weighted by molar-refractivity contribution is 6.02. The van der Waals surface area contributed by atoms with Gasteiger partial charge in [0.2, 0.25) is 0 Å². The molecule has 196 valence electrons. The van der Waals surface area contributed by atoms with Gasteiger partial charge in [0.05, 0.1) is 29.6 Å². The number of aromatic nitrogens is 7. The molecule has 4 aromatic heterocycles. The van der Waals surface area contributed by atoms with Crippen LogP contribution in [-0.4, -0.2) is 47.2 Å². The van der Waals surface area contributed by atoms with E-state index in [-0.39, 0.29) is 5.78 Å². The standard InChI is InChI=1S/C27H25N9O3/c1-4-21(37)18-15-29-23(32-22-11-13-36(27(38)33-22)24-10-5-6-12-28-24)14-20(18)31-19-9-7-8-17(25(19)39-3)26-30-16-35(2)34-26/h5-16H,4H2,1-3H3,(H2,29,31,32,33,38). The first-order chi connectivity index (χ1) is 19.0. The van der Waals surface area contributed by atoms with Crippen LogP contribution >= 0.6 is 0 Å². The predicted octanol–water partition coefficient (Wildman–Crippen LogP) is 3.91. The Morgan fingerprint density at radius 3 is 2.56 bits per heavy atom. The maximum Gasteiger partial charge on any atom is 0.355 e. The molecule has 0 aliphatic heterocycles. The molecule has 0 amide bonds. The minimum Gasteiger partial charge on any atom is -0.494 e. The van der Waals surface area contributed by atoms with Gasteiger partial charge in [-0.2, -0.15) is 10.1 Å². The summed E-state index contributed by atoms with van der Waals surface area (Å²) in [6.07, 6.45) is 6.57. The summed E-state index contributed by atoms with van der Waals surface area (Å²) in [5, 5.41) is 10.7. The van der Waals surface area contributed by atoms with Gasteiger partial charge in [-0.3, -0.25) is 14.0 Å². The number of methoxy groups -OCH3 is 1. The number of carbonyl (C=O) groups is 1. The highest BCUT2D eigenvalue weighted by atomic mass is 16.5. The molecule has 12 heteroatoms. The number of nitrogens with zero attached hydrogens (tertiary/aromatic N) is 7. The van der Waals surface area contributed by atoms with Crippen molar-refractivity contribution in [3.05, 3.63) is 89.5 Å². The van der Waals surface area contributed by atoms with Crippen molar-refractivity contribution in [2.45, 2.75) is 13.3 Å². The third-order valence-corrected chi connectivity index (χ3v) is 5.81. The summed E-state index contributed by atoms with van der Waals surface area (Å²) >= 11 is 0. The Labute approximate surface area is 223 Å². The molecular weight excluding hydrogens is 498 g/mol. The number of hydrogen-bond donors (Lipinski definition) is 2. The third kappa shape index (κ3) is 5.34. The highest BCUT2D eigenvalue weighted by Crippen LogP contribution is 2.37. The molecule has 2 N–H and O–H groups in total. The number of hydrogen-bond acceptors (Lipinski definition) is 10. The zero-order valence-electron chi connectivity index (χ0n) is 21.5. The monoisotopic (exact) mass is 523 g/mol. The van der Waals surface area contributed by atoms with Crippen molar-refractivity contribution in [1.29, 1.82) is 0 Å². The van der Waals surface area contributed by atoms with Crippen LogP contribution in [0.3, 0.4) is 0 Å². The lowest BCUT2D eigenvalue weighted by Crippen LogP contribution is -2.22. The summed E-state index contributed by atoms with van der Waals surface area (Å²) < 4.78 is 8.65. The second-order valence-electron chi connectivity index (χ2n) is 8.42. The molecule has 39 heavy (non-hydrogen) atoms. The van der Waals surface area contributed by atoms with Crippen molar-refractivity contribution >= 4 is 28.8 Å². The second-order valence-corrected chi connectivity index (χ2v) is 8.42. The number of rotatable bonds is 9. The zero-order chi connectivity index (χ0) is 27.4. The van der Waals surface area contributed by atoms with E-state index in [2.05, 4.69) is 35.7 Å². The van der Waals surface area contributed by atoms with Crippen molar-refractivity contribution in [3.63, 3.8) is 0 Å². The molecule has 0 bridgehead atoms. The van der Waals surface area contributed by atoms with E-state index in [0.29, 0.717) is 58.0 Å². The van der Waals surface area contributed by atoms with Crippen LogP contribution in [0.4, 0.5) is 23.0 Å². The summed E-state index contributed by atoms with van der Waals surface area (Å²) in [7, 11) is 3.35. The Bertz CT molecular complexity index is 1700. The van der Waals surface area contributed by atoms with E-state index in [4.69, 9.17) is 4.74 Å². The molecule has 0 saturated heterocycles. The molecule has 1 aromatic carbocycles. The number of para-hydroxylation sites is 1. The van der Waals surface area contributed by atoms with Gasteiger partial charge in [0.1, 0.15) is 23.8 Å². The van der Waals surface area contributed by atoms with Crippen molar-refractivity contribution in [1.82, 2.24) is 34.3 Å². The van der Waals surface area contributed by atoms with Crippen LogP contribution in [0.15, 0.2) is 78.2 Å². The SMILES string of the molecule is CCC(=O)c1cnc(Nc2ccn(-c3ccccn3)c(=O)n2)cc1Nc1cccc(-c2ncn(C)n2)c1OC. The first-order valence-corrected chi connectivity index (χ1v) is 12.1. The molecule has 0 aliphatic rings. The van der Waals surface area contributed by atoms with Gasteiger partial charge in [0.25, 0.3) is 0 Å². The summed E-state index contributed by atoms with van der Waals surface area (Å²) in [6, 6.07) is 14.1. The maximum absolute atomic E-state index is 12.7. The number of ether oxygens (including phenoxy) is 1. The van der Waals surface area contributed by atoms with Gasteiger partial charge >= 0.3 is 5.69 Å². The van der Waals surface area contributed by atoms with E-state index < -0.39 is 5.69 Å². The molecule has 5 aromatic rings. The van der Waals surface area contributed by atoms with E-state index in [1.54, 1.807) is 74.8 Å². The molecule has 0 atom stereocenters. The largest absolute Gasteiger partial charge is 0.494 e. The minimum atomic E-state index is -0.500. The fourth-order valence-electron chi connectivity index (χ4n) is 3.95. The van der Waals surface area contributed by atoms with Crippen LogP contribution in [0.2, 0.25) is 0 Å². The van der Waals surface area contributed by atoms with Crippen molar-refractivity contribution in [2.75, 3.05) is 17.7 Å². The van der Waals surface area contributed by atoms with E-state index in [1.807, 2.05) is 18.2 Å². The first kappa shape index (κ1) is 25.3. The Balaban J connectivity index is 1.48. The summed E-state index contributed by atoms with van der Waals surface area (Å²) in [5.74, 6) is 2.08. The van der Waals surface area contributed by atoms with Gasteiger partial charge in [-0.15, -0.1) is 0 Å². The Hall–Kier alpha value is -5.39. The lowest BCUT2D eigenvalue weighted by Gasteiger charge is -2.17. The van der Waals surface area contributed by atoms with Crippen LogP contribution in [-0.2, 0) is 7.05 Å². The van der Waals surface area contributed by atoms with E-state index >= 15 is 0 Å². The molecule has 5 rings (SSSR count). The normalized spacial score (nSPS) is 10.7. The smallest absolute Gasteiger partial charge is 0.355 e. The summed E-state index contributed by atoms with van der Waals surface area (Å²) in [4.78, 5) is 42.3. The number of benzene rings is 1. The van der Waals surface area contributed by atoms with Crippen LogP contribution in [0, 0.1) is 0 Å². The average Bonchev–Trinajstić information content (AvgIpc) is 3.39. The van der Waals surface area contributed by atoms with Crippen LogP contribution < -0.4 is 21.1 Å². The molecule has 0 saturated carbocycles. The number of nitrogens with one attached hydrogen (secondary N) is 2. The summed E-state index contributed by atoms with van der Waals surface area (Å²) in [5.41, 5.74) is 1.72. The van der Waals surface area contributed by atoms with Crippen molar-refractivity contribution in [3.8, 4) is 23.0 Å². The number of anilines is 4.